The van der Waals surface area contributed by atoms with Gasteiger partial charge in [-0.3, -0.25) is 15.0 Å². The highest BCUT2D eigenvalue weighted by Crippen LogP contribution is 2.54. The maximum atomic E-state index is 17.1. The van der Waals surface area contributed by atoms with Gasteiger partial charge >= 0.3 is 6.01 Å². The van der Waals surface area contributed by atoms with E-state index in [2.05, 4.69) is 20.0 Å². The van der Waals surface area contributed by atoms with Crippen LogP contribution in [0, 0.1) is 11.2 Å². The molecule has 3 saturated heterocycles. The third kappa shape index (κ3) is 4.53. The molecule has 0 unspecified atom stereocenters. The van der Waals surface area contributed by atoms with E-state index >= 15 is 4.39 Å². The van der Waals surface area contributed by atoms with Gasteiger partial charge in [-0.15, -0.1) is 0 Å². The lowest BCUT2D eigenvalue weighted by Gasteiger charge is -2.57. The molecule has 7 aliphatic rings. The lowest BCUT2D eigenvalue weighted by Crippen LogP contribution is -2.60. The molecule has 1 spiro atoms. The fourth-order valence-corrected chi connectivity index (χ4v) is 9.53. The van der Waals surface area contributed by atoms with Crippen LogP contribution < -0.4 is 9.64 Å². The summed E-state index contributed by atoms with van der Waals surface area (Å²) in [6.45, 7) is 4.65. The number of nitrogens with one attached hydrogen (secondary N) is 1. The maximum Gasteiger partial charge on any atom is 0.319 e. The van der Waals surface area contributed by atoms with Crippen LogP contribution in [0.2, 0.25) is 5.02 Å². The highest BCUT2D eigenvalue weighted by Gasteiger charge is 2.55. The van der Waals surface area contributed by atoms with E-state index in [0.717, 1.165) is 58.2 Å². The monoisotopic (exact) mass is 645 g/mol. The summed E-state index contributed by atoms with van der Waals surface area (Å²) in [5.74, 6) is 0.0668. The average Bonchev–Trinajstić information content (AvgIpc) is 3.75. The second kappa shape index (κ2) is 10.6. The molecule has 2 N–H and O–H groups in total. The number of nitrogens with zero attached hydrogens (tertiary/aromatic N) is 6. The number of aliphatic hydroxyl groups is 1. The molecule has 46 heavy (non-hydrogen) atoms. The number of benzene rings is 1. The van der Waals surface area contributed by atoms with Gasteiger partial charge in [0, 0.05) is 35.8 Å². The summed E-state index contributed by atoms with van der Waals surface area (Å²) in [5.41, 5.74) is 1.15. The molecule has 0 radical (unpaired) electrons. The summed E-state index contributed by atoms with van der Waals surface area (Å²) < 4.78 is 29.5. The van der Waals surface area contributed by atoms with E-state index in [9.17, 15) is 5.11 Å². The molecular formula is C34H37ClFN7O3. The molecule has 1 aliphatic carbocycles. The number of piperidine rings is 1. The van der Waals surface area contributed by atoms with Gasteiger partial charge in [-0.05, 0) is 75.9 Å². The summed E-state index contributed by atoms with van der Waals surface area (Å²) in [5, 5.41) is 20.2. The number of ether oxygens (including phenoxy) is 2. The molecule has 1 aromatic carbocycles. The van der Waals surface area contributed by atoms with Crippen molar-refractivity contribution < 1.29 is 19.0 Å². The van der Waals surface area contributed by atoms with Crippen molar-refractivity contribution in [3.05, 3.63) is 40.9 Å². The zero-order valence-electron chi connectivity index (χ0n) is 25.7. The number of H-pyrrole nitrogens is 1. The molecule has 4 aromatic rings. The largest absolute Gasteiger partial charge is 0.461 e. The molecule has 240 valence electrons. The second-order valence-electron chi connectivity index (χ2n) is 14.2. The van der Waals surface area contributed by atoms with E-state index in [1.165, 1.54) is 0 Å². The summed E-state index contributed by atoms with van der Waals surface area (Å²) in [4.78, 5) is 19.2. The van der Waals surface area contributed by atoms with Gasteiger partial charge in [0.2, 0.25) is 0 Å². The van der Waals surface area contributed by atoms with Crippen LogP contribution in [0.15, 0.2) is 24.5 Å². The fourth-order valence-electron chi connectivity index (χ4n) is 9.26. The SMILES string of the molecule is OC12COCC=Cc3c(Cl)cc4[nH]ncc4c3-c3ncc4c(nc(OCC56CCCN5CCC6)nc4c3F)N3CCCC(C3)(C1)C2. The summed E-state index contributed by atoms with van der Waals surface area (Å²) in [6.07, 6.45) is 14.7. The Morgan fingerprint density at radius 2 is 1.89 bits per heavy atom. The Bertz CT molecular complexity index is 1880. The highest BCUT2D eigenvalue weighted by molar-refractivity contribution is 6.33. The first-order valence-corrected chi connectivity index (χ1v) is 16.8. The molecule has 9 heterocycles. The predicted molar refractivity (Wildman–Crippen MR) is 174 cm³/mol. The molecular weight excluding hydrogens is 609 g/mol. The number of aromatic nitrogens is 5. The van der Waals surface area contributed by atoms with E-state index < -0.39 is 11.4 Å². The molecule has 3 aromatic heterocycles. The molecule has 7 bridgehead atoms. The number of fused-ring (bicyclic) bond motifs is 2. The number of pyridine rings is 1. The van der Waals surface area contributed by atoms with Crippen LogP contribution in [0.5, 0.6) is 6.01 Å². The molecule has 6 aliphatic heterocycles. The average molecular weight is 646 g/mol. The Labute approximate surface area is 270 Å². The van der Waals surface area contributed by atoms with Crippen molar-refractivity contribution in [1.82, 2.24) is 30.0 Å². The van der Waals surface area contributed by atoms with Crippen molar-refractivity contribution in [2.45, 2.75) is 62.5 Å². The minimum atomic E-state index is -0.874. The van der Waals surface area contributed by atoms with Crippen LogP contribution in [0.3, 0.4) is 0 Å². The minimum absolute atomic E-state index is 0.00471. The Hall–Kier alpha value is -3.38. The van der Waals surface area contributed by atoms with Gasteiger partial charge in [-0.1, -0.05) is 23.8 Å². The molecule has 4 fully saturated rings. The van der Waals surface area contributed by atoms with E-state index in [1.54, 1.807) is 18.5 Å². The normalized spacial score (nSPS) is 27.2. The van der Waals surface area contributed by atoms with Crippen molar-refractivity contribution >= 4 is 45.3 Å². The molecule has 10 nitrogen and oxygen atoms in total. The van der Waals surface area contributed by atoms with Crippen LogP contribution in [-0.4, -0.2) is 92.3 Å². The molecule has 1 saturated carbocycles. The van der Waals surface area contributed by atoms with Gasteiger partial charge in [-0.2, -0.15) is 15.1 Å². The number of aromatic amines is 1. The van der Waals surface area contributed by atoms with Gasteiger partial charge in [0.25, 0.3) is 0 Å². The maximum absolute atomic E-state index is 17.1. The molecule has 0 atom stereocenters. The standard InChI is InChI=1S/C34H37ClFN7O3/c35-24-13-25-22(15-38-41-25)26-21(24)5-1-12-45-20-34(44)16-32(17-34)6-2-9-42(18-32)30-23-14-37-29(26)27(36)28(23)39-31(40-30)46-19-33-7-3-10-43(33)11-4-8-33/h1,5,13-15,44H,2-4,6-12,16-20H2,(H,38,41). The van der Waals surface area contributed by atoms with Crippen LogP contribution in [0.4, 0.5) is 10.2 Å². The lowest BCUT2D eigenvalue weighted by atomic mass is 9.56. The first kappa shape index (κ1) is 28.8. The highest BCUT2D eigenvalue weighted by atomic mass is 35.5. The zero-order chi connectivity index (χ0) is 31.1. The van der Waals surface area contributed by atoms with Gasteiger partial charge in [0.1, 0.15) is 23.6 Å². The minimum Gasteiger partial charge on any atom is -0.461 e. The van der Waals surface area contributed by atoms with Crippen LogP contribution in [0.25, 0.3) is 39.1 Å². The third-order valence-electron chi connectivity index (χ3n) is 11.1. The summed E-state index contributed by atoms with van der Waals surface area (Å²) >= 11 is 6.80. The van der Waals surface area contributed by atoms with E-state index in [0.29, 0.717) is 64.2 Å². The van der Waals surface area contributed by atoms with Crippen LogP contribution in [-0.2, 0) is 4.74 Å². The zero-order valence-corrected chi connectivity index (χ0v) is 26.5. The predicted octanol–water partition coefficient (Wildman–Crippen LogP) is 5.52. The van der Waals surface area contributed by atoms with Crippen molar-refractivity contribution in [2.24, 2.45) is 5.41 Å². The number of hydrogen-bond acceptors (Lipinski definition) is 9. The van der Waals surface area contributed by atoms with E-state index in [4.69, 9.17) is 36.0 Å². The smallest absolute Gasteiger partial charge is 0.319 e. The van der Waals surface area contributed by atoms with Crippen LogP contribution >= 0.6 is 11.6 Å². The van der Waals surface area contributed by atoms with Gasteiger partial charge in [0.05, 0.1) is 46.5 Å². The number of hydrogen-bond donors (Lipinski definition) is 2. The lowest BCUT2D eigenvalue weighted by molar-refractivity contribution is -0.165. The molecule has 12 heteroatoms. The first-order valence-electron chi connectivity index (χ1n) is 16.5. The Morgan fingerprint density at radius 1 is 1.07 bits per heavy atom. The number of halogens is 2. The Kier molecular flexibility index (Phi) is 6.62. The molecule has 0 amide bonds. The quantitative estimate of drug-likeness (QED) is 0.297. The van der Waals surface area contributed by atoms with E-state index in [1.807, 2.05) is 12.2 Å². The van der Waals surface area contributed by atoms with E-state index in [-0.39, 0.29) is 41.4 Å². The van der Waals surface area contributed by atoms with Crippen molar-refractivity contribution in [1.29, 1.82) is 0 Å². The second-order valence-corrected chi connectivity index (χ2v) is 14.6. The van der Waals surface area contributed by atoms with Gasteiger partial charge in [-0.25, -0.2) is 4.39 Å². The first-order chi connectivity index (χ1) is 22.3. The Balaban J connectivity index is 1.22. The van der Waals surface area contributed by atoms with Crippen molar-refractivity contribution in [3.8, 4) is 17.3 Å². The van der Waals surface area contributed by atoms with Gasteiger partial charge in [0.15, 0.2) is 5.82 Å². The molecule has 11 rings (SSSR count). The fraction of sp³-hybridized carbons (Fsp3) is 0.529. The van der Waals surface area contributed by atoms with Crippen molar-refractivity contribution in [3.63, 3.8) is 0 Å². The van der Waals surface area contributed by atoms with Crippen LogP contribution in [0.1, 0.15) is 56.9 Å². The van der Waals surface area contributed by atoms with Gasteiger partial charge < -0.3 is 19.5 Å². The number of anilines is 1. The summed E-state index contributed by atoms with van der Waals surface area (Å²) in [7, 11) is 0. The topological polar surface area (TPSA) is 113 Å². The summed E-state index contributed by atoms with van der Waals surface area (Å²) in [6, 6.07) is 1.96. The Morgan fingerprint density at radius 3 is 2.74 bits per heavy atom. The van der Waals surface area contributed by atoms with Crippen molar-refractivity contribution in [2.75, 3.05) is 50.9 Å². The number of rotatable bonds is 3. The third-order valence-corrected chi connectivity index (χ3v) is 11.4.